The Balaban J connectivity index is 1.75. The van der Waals surface area contributed by atoms with Gasteiger partial charge in [-0.05, 0) is 36.8 Å². The minimum Gasteiger partial charge on any atom is -0.324 e. The Hall–Kier alpha value is -2.73. The van der Waals surface area contributed by atoms with Crippen molar-refractivity contribution in [1.29, 1.82) is 5.26 Å². The van der Waals surface area contributed by atoms with Crippen molar-refractivity contribution >= 4 is 58.5 Å². The van der Waals surface area contributed by atoms with E-state index in [1.807, 2.05) is 6.07 Å². The van der Waals surface area contributed by atoms with Gasteiger partial charge in [0.15, 0.2) is 0 Å². The third kappa shape index (κ3) is 4.38. The van der Waals surface area contributed by atoms with Crippen LogP contribution in [0.1, 0.15) is 12.5 Å². The van der Waals surface area contributed by atoms with Crippen LogP contribution in [0.4, 0.5) is 10.5 Å². The first-order chi connectivity index (χ1) is 14.3. The maximum atomic E-state index is 13.0. The van der Waals surface area contributed by atoms with Gasteiger partial charge in [-0.2, -0.15) is 5.26 Å². The number of thioether (sulfide) groups is 1. The molecule has 30 heavy (non-hydrogen) atoms. The molecule has 2 aromatic rings. The van der Waals surface area contributed by atoms with E-state index in [1.54, 1.807) is 37.3 Å². The molecule has 0 aliphatic carbocycles. The van der Waals surface area contributed by atoms with E-state index in [9.17, 15) is 14.4 Å². The lowest BCUT2D eigenvalue weighted by molar-refractivity contribution is -0.133. The van der Waals surface area contributed by atoms with Crippen LogP contribution in [0.25, 0.3) is 0 Å². The molecule has 0 bridgehead atoms. The van der Waals surface area contributed by atoms with E-state index in [2.05, 4.69) is 10.6 Å². The van der Waals surface area contributed by atoms with Gasteiger partial charge in [0.05, 0.1) is 27.6 Å². The van der Waals surface area contributed by atoms with Crippen molar-refractivity contribution in [2.75, 3.05) is 17.6 Å². The Bertz CT molecular complexity index is 1070. The summed E-state index contributed by atoms with van der Waals surface area (Å²) in [5.74, 6) is -0.892. The Morgan fingerprint density at radius 2 is 1.97 bits per heavy atom. The zero-order chi connectivity index (χ0) is 21.9. The van der Waals surface area contributed by atoms with E-state index >= 15 is 0 Å². The van der Waals surface area contributed by atoms with Crippen LogP contribution in [-0.4, -0.2) is 35.0 Å². The smallest absolute Gasteiger partial charge is 0.324 e. The van der Waals surface area contributed by atoms with E-state index in [0.29, 0.717) is 21.2 Å². The Labute approximate surface area is 187 Å². The van der Waals surface area contributed by atoms with Gasteiger partial charge in [-0.25, -0.2) is 4.79 Å². The lowest BCUT2D eigenvalue weighted by Crippen LogP contribution is -2.42. The van der Waals surface area contributed by atoms with Crippen LogP contribution < -0.4 is 10.6 Å². The molecular formula is C20H16Cl2N4O3S. The highest BCUT2D eigenvalue weighted by Gasteiger charge is 2.49. The largest absolute Gasteiger partial charge is 0.325 e. The average Bonchev–Trinajstić information content (AvgIpc) is 2.93. The van der Waals surface area contributed by atoms with Gasteiger partial charge in [-0.15, -0.1) is 11.8 Å². The summed E-state index contributed by atoms with van der Waals surface area (Å²) in [4.78, 5) is 39.5. The third-order valence-electron chi connectivity index (χ3n) is 4.53. The molecule has 1 aliphatic heterocycles. The zero-order valence-electron chi connectivity index (χ0n) is 15.7. The molecule has 1 heterocycles. The van der Waals surface area contributed by atoms with Gasteiger partial charge in [0.25, 0.3) is 5.91 Å². The molecule has 0 saturated carbocycles. The van der Waals surface area contributed by atoms with Gasteiger partial charge in [-0.1, -0.05) is 41.4 Å². The van der Waals surface area contributed by atoms with Crippen molar-refractivity contribution in [1.82, 2.24) is 10.2 Å². The number of carbonyl (C=O) groups is 3. The van der Waals surface area contributed by atoms with E-state index in [4.69, 9.17) is 28.5 Å². The summed E-state index contributed by atoms with van der Waals surface area (Å²) in [5.41, 5.74) is -0.412. The van der Waals surface area contributed by atoms with Crippen molar-refractivity contribution in [3.63, 3.8) is 0 Å². The summed E-state index contributed by atoms with van der Waals surface area (Å²) in [5, 5.41) is 14.6. The number of hydrogen-bond acceptors (Lipinski definition) is 5. The van der Waals surface area contributed by atoms with Gasteiger partial charge >= 0.3 is 6.03 Å². The van der Waals surface area contributed by atoms with Crippen LogP contribution in [0.5, 0.6) is 0 Å². The summed E-state index contributed by atoms with van der Waals surface area (Å²) >= 11 is 13.2. The van der Waals surface area contributed by atoms with Crippen molar-refractivity contribution in [3.05, 3.63) is 58.1 Å². The highest BCUT2D eigenvalue weighted by molar-refractivity contribution is 7.99. The number of carbonyl (C=O) groups excluding carboxylic acids is 3. The molecule has 0 aromatic heterocycles. The molecule has 3 rings (SSSR count). The fourth-order valence-electron chi connectivity index (χ4n) is 2.98. The molecule has 1 fully saturated rings. The number of amides is 4. The van der Waals surface area contributed by atoms with E-state index in [1.165, 1.54) is 23.9 Å². The summed E-state index contributed by atoms with van der Waals surface area (Å²) in [7, 11) is 0. The number of imide groups is 1. The van der Waals surface area contributed by atoms with Crippen molar-refractivity contribution in [2.45, 2.75) is 17.4 Å². The Morgan fingerprint density at radius 1 is 1.23 bits per heavy atom. The van der Waals surface area contributed by atoms with Crippen LogP contribution in [0.2, 0.25) is 10.0 Å². The summed E-state index contributed by atoms with van der Waals surface area (Å²) < 4.78 is 0. The minimum absolute atomic E-state index is 0.224. The lowest BCUT2D eigenvalue weighted by Gasteiger charge is -2.22. The van der Waals surface area contributed by atoms with Gasteiger partial charge in [0, 0.05) is 4.90 Å². The average molecular weight is 463 g/mol. The second-order valence-electron chi connectivity index (χ2n) is 6.57. The second kappa shape index (κ2) is 8.96. The number of hydrogen-bond donors (Lipinski definition) is 2. The number of urea groups is 1. The normalized spacial score (nSPS) is 18.1. The molecule has 1 atom stereocenters. The third-order valence-corrected chi connectivity index (χ3v) is 6.21. The minimum atomic E-state index is -1.37. The monoisotopic (exact) mass is 462 g/mol. The first-order valence-corrected chi connectivity index (χ1v) is 10.5. The molecule has 4 amide bonds. The second-order valence-corrected chi connectivity index (χ2v) is 8.40. The molecule has 1 aliphatic rings. The molecular weight excluding hydrogens is 447 g/mol. The first kappa shape index (κ1) is 22.0. The molecule has 2 aromatic carbocycles. The fourth-order valence-corrected chi connectivity index (χ4v) is 3.95. The number of rotatable bonds is 6. The number of benzene rings is 2. The zero-order valence-corrected chi connectivity index (χ0v) is 18.1. The SMILES string of the molecule is CC1(c2ccc(Cl)c(Cl)c2)NC(=O)N(CC(=O)Nc2ccccc2SCC#N)C1=O. The predicted octanol–water partition coefficient (Wildman–Crippen LogP) is 4.01. The number of halogens is 2. The van der Waals surface area contributed by atoms with Crippen LogP contribution in [-0.2, 0) is 15.1 Å². The molecule has 7 nitrogen and oxygen atoms in total. The summed E-state index contributed by atoms with van der Waals surface area (Å²) in [6, 6.07) is 13.0. The number of para-hydroxylation sites is 1. The molecule has 10 heteroatoms. The van der Waals surface area contributed by atoms with Gasteiger partial charge in [0.2, 0.25) is 5.91 Å². The van der Waals surface area contributed by atoms with Crippen LogP contribution >= 0.6 is 35.0 Å². The maximum Gasteiger partial charge on any atom is 0.325 e. The highest BCUT2D eigenvalue weighted by Crippen LogP contribution is 2.33. The molecule has 154 valence electrons. The predicted molar refractivity (Wildman–Crippen MR) is 115 cm³/mol. The van der Waals surface area contributed by atoms with E-state index < -0.39 is 29.9 Å². The standard InChI is InChI=1S/C20H16Cl2N4O3S/c1-20(12-6-7-13(21)14(22)10-12)18(28)26(19(29)25-20)11-17(27)24-15-4-2-3-5-16(15)30-9-8-23/h2-7,10H,9,11H2,1H3,(H,24,27)(H,25,29). The number of nitriles is 1. The quantitative estimate of drug-likeness (QED) is 0.498. The van der Waals surface area contributed by atoms with Crippen molar-refractivity contribution in [2.24, 2.45) is 0 Å². The van der Waals surface area contributed by atoms with Gasteiger partial charge < -0.3 is 10.6 Å². The Morgan fingerprint density at radius 3 is 2.67 bits per heavy atom. The topological polar surface area (TPSA) is 102 Å². The lowest BCUT2D eigenvalue weighted by atomic mass is 9.92. The highest BCUT2D eigenvalue weighted by atomic mass is 35.5. The van der Waals surface area contributed by atoms with Gasteiger partial charge in [-0.3, -0.25) is 14.5 Å². The molecule has 2 N–H and O–H groups in total. The molecule has 0 spiro atoms. The van der Waals surface area contributed by atoms with E-state index in [0.717, 1.165) is 4.90 Å². The Kier molecular flexibility index (Phi) is 6.56. The van der Waals surface area contributed by atoms with Crippen molar-refractivity contribution in [3.8, 4) is 6.07 Å². The molecule has 1 unspecified atom stereocenters. The van der Waals surface area contributed by atoms with E-state index in [-0.39, 0.29) is 10.8 Å². The van der Waals surface area contributed by atoms with Crippen LogP contribution in [0, 0.1) is 11.3 Å². The van der Waals surface area contributed by atoms with Gasteiger partial charge in [0.1, 0.15) is 12.1 Å². The number of nitrogens with zero attached hydrogens (tertiary/aromatic N) is 2. The molecule has 1 saturated heterocycles. The van der Waals surface area contributed by atoms with Crippen molar-refractivity contribution < 1.29 is 14.4 Å². The maximum absolute atomic E-state index is 13.0. The fraction of sp³-hybridized carbons (Fsp3) is 0.200. The number of nitrogens with one attached hydrogen (secondary N) is 2. The summed E-state index contributed by atoms with van der Waals surface area (Å²) in [6.07, 6.45) is 0. The first-order valence-electron chi connectivity index (χ1n) is 8.74. The van der Waals surface area contributed by atoms with Crippen LogP contribution in [0.15, 0.2) is 47.4 Å². The summed E-state index contributed by atoms with van der Waals surface area (Å²) in [6.45, 7) is 1.08. The van der Waals surface area contributed by atoms with Crippen LogP contribution in [0.3, 0.4) is 0 Å². The molecule has 0 radical (unpaired) electrons. The number of anilines is 1.